The number of sulfonamides is 1. The zero-order chi connectivity index (χ0) is 22.8. The van der Waals surface area contributed by atoms with E-state index in [0.29, 0.717) is 6.54 Å². The molecule has 166 valence electrons. The Kier molecular flexibility index (Phi) is 6.65. The van der Waals surface area contributed by atoms with Gasteiger partial charge >= 0.3 is 5.97 Å². The van der Waals surface area contributed by atoms with Gasteiger partial charge in [0.15, 0.2) is 0 Å². The molecule has 0 aliphatic heterocycles. The topological polar surface area (TPSA) is 117 Å². The van der Waals surface area contributed by atoms with Crippen LogP contribution >= 0.6 is 11.3 Å². The maximum Gasteiger partial charge on any atom is 0.339 e. The van der Waals surface area contributed by atoms with Gasteiger partial charge in [-0.2, -0.15) is 5.10 Å². The monoisotopic (exact) mass is 463 g/mol. The summed E-state index contributed by atoms with van der Waals surface area (Å²) in [4.78, 5) is 17.8. The number of hydrogen-bond acceptors (Lipinski definition) is 7. The van der Waals surface area contributed by atoms with Crippen molar-refractivity contribution in [2.75, 3.05) is 23.2 Å². The van der Waals surface area contributed by atoms with Crippen molar-refractivity contribution in [1.82, 2.24) is 14.8 Å². The van der Waals surface area contributed by atoms with E-state index >= 15 is 0 Å². The lowest BCUT2D eigenvalue weighted by molar-refractivity contribution is 0.0697. The minimum absolute atomic E-state index is 0.0670. The molecule has 3 rings (SSSR count). The van der Waals surface area contributed by atoms with Crippen LogP contribution in [0.1, 0.15) is 33.7 Å². The fraction of sp³-hybridized carbons (Fsp3) is 0.350. The van der Waals surface area contributed by atoms with Gasteiger partial charge in [-0.15, -0.1) is 11.3 Å². The third-order valence-corrected chi connectivity index (χ3v) is 7.83. The number of hydrogen-bond donors (Lipinski definition) is 2. The Hall–Kier alpha value is -2.92. The molecule has 0 aliphatic carbocycles. The number of pyridine rings is 1. The lowest BCUT2D eigenvalue weighted by atomic mass is 10.1. The van der Waals surface area contributed by atoms with Crippen LogP contribution < -0.4 is 9.62 Å². The highest BCUT2D eigenvalue weighted by Crippen LogP contribution is 2.25. The van der Waals surface area contributed by atoms with Crippen molar-refractivity contribution in [3.63, 3.8) is 0 Å². The van der Waals surface area contributed by atoms with Gasteiger partial charge in [0.1, 0.15) is 15.6 Å². The first-order valence-electron chi connectivity index (χ1n) is 9.60. The number of aromatic carboxylic acids is 1. The number of rotatable bonds is 9. The maximum atomic E-state index is 12.4. The molecule has 0 spiro atoms. The van der Waals surface area contributed by atoms with Crippen molar-refractivity contribution in [2.45, 2.75) is 30.9 Å². The van der Waals surface area contributed by atoms with Gasteiger partial charge in [0, 0.05) is 26.3 Å². The summed E-state index contributed by atoms with van der Waals surface area (Å²) in [5.74, 6) is -0.892. The molecule has 9 nitrogen and oxygen atoms in total. The first-order chi connectivity index (χ1) is 14.6. The Morgan fingerprint density at radius 3 is 2.68 bits per heavy atom. The van der Waals surface area contributed by atoms with Crippen LogP contribution in [0.2, 0.25) is 0 Å². The Morgan fingerprint density at radius 1 is 1.35 bits per heavy atom. The van der Waals surface area contributed by atoms with E-state index in [4.69, 9.17) is 0 Å². The van der Waals surface area contributed by atoms with E-state index in [-0.39, 0.29) is 21.3 Å². The number of thiophene rings is 1. The number of nitrogens with one attached hydrogen (secondary N) is 1. The van der Waals surface area contributed by atoms with Gasteiger partial charge in [0.05, 0.1) is 17.6 Å². The van der Waals surface area contributed by atoms with E-state index in [1.54, 1.807) is 23.4 Å². The first-order valence-corrected chi connectivity index (χ1v) is 12.0. The highest BCUT2D eigenvalue weighted by molar-refractivity contribution is 7.94. The van der Waals surface area contributed by atoms with Gasteiger partial charge in [0.2, 0.25) is 0 Å². The van der Waals surface area contributed by atoms with Gasteiger partial charge in [-0.05, 0) is 49.8 Å². The summed E-state index contributed by atoms with van der Waals surface area (Å²) in [5, 5.41) is 15.7. The van der Waals surface area contributed by atoms with Crippen molar-refractivity contribution in [1.29, 1.82) is 0 Å². The minimum atomic E-state index is -3.78. The normalized spacial score (nSPS) is 11.5. The second kappa shape index (κ2) is 9.06. The van der Waals surface area contributed by atoms with E-state index in [1.807, 2.05) is 25.6 Å². The average Bonchev–Trinajstić information content (AvgIpc) is 3.32. The molecule has 0 amide bonds. The molecule has 11 heteroatoms. The molecule has 0 saturated carbocycles. The Morgan fingerprint density at radius 2 is 2.10 bits per heavy atom. The van der Waals surface area contributed by atoms with E-state index in [2.05, 4.69) is 14.8 Å². The van der Waals surface area contributed by atoms with Crippen molar-refractivity contribution in [2.24, 2.45) is 7.05 Å². The molecule has 0 saturated heterocycles. The second-order valence-corrected chi connectivity index (χ2v) is 10.1. The van der Waals surface area contributed by atoms with Crippen LogP contribution in [0.15, 0.2) is 34.0 Å². The molecule has 0 atom stereocenters. The molecule has 0 aliphatic rings. The van der Waals surface area contributed by atoms with Crippen molar-refractivity contribution >= 4 is 38.8 Å². The zero-order valence-corrected chi connectivity index (χ0v) is 19.4. The number of carbonyl (C=O) groups is 1. The van der Waals surface area contributed by atoms with Crippen LogP contribution in [-0.4, -0.2) is 47.9 Å². The summed E-state index contributed by atoms with van der Waals surface area (Å²) in [6.07, 6.45) is 2.94. The van der Waals surface area contributed by atoms with Gasteiger partial charge in [0.25, 0.3) is 10.0 Å². The summed E-state index contributed by atoms with van der Waals surface area (Å²) < 4.78 is 29.2. The minimum Gasteiger partial charge on any atom is -0.478 e. The Bertz CT molecular complexity index is 1190. The molecule has 2 N–H and O–H groups in total. The maximum absolute atomic E-state index is 12.4. The van der Waals surface area contributed by atoms with E-state index < -0.39 is 16.0 Å². The summed E-state index contributed by atoms with van der Waals surface area (Å²) in [7, 11) is -0.0995. The summed E-state index contributed by atoms with van der Waals surface area (Å²) in [5.41, 5.74) is 3.34. The van der Waals surface area contributed by atoms with Gasteiger partial charge in [-0.1, -0.05) is 6.07 Å². The predicted molar refractivity (Wildman–Crippen MR) is 121 cm³/mol. The molecule has 3 aromatic heterocycles. The zero-order valence-electron chi connectivity index (χ0n) is 17.8. The van der Waals surface area contributed by atoms with Crippen LogP contribution in [0.3, 0.4) is 0 Å². The number of aromatic nitrogens is 3. The number of anilines is 2. The first kappa shape index (κ1) is 22.8. The summed E-state index contributed by atoms with van der Waals surface area (Å²) in [6, 6.07) is 4.40. The summed E-state index contributed by atoms with van der Waals surface area (Å²) >= 11 is 1.08. The smallest absolute Gasteiger partial charge is 0.339 e. The van der Waals surface area contributed by atoms with Gasteiger partial charge < -0.3 is 10.0 Å². The van der Waals surface area contributed by atoms with Crippen LogP contribution in [0, 0.1) is 13.8 Å². The number of carboxylic acids is 1. The fourth-order valence-electron chi connectivity index (χ4n) is 3.37. The third-order valence-electron chi connectivity index (χ3n) is 5.05. The highest BCUT2D eigenvalue weighted by atomic mass is 32.2. The largest absolute Gasteiger partial charge is 0.478 e. The lowest BCUT2D eigenvalue weighted by Gasteiger charge is -2.20. The second-order valence-electron chi connectivity index (χ2n) is 7.24. The van der Waals surface area contributed by atoms with Crippen molar-refractivity contribution < 1.29 is 18.3 Å². The Labute approximate surface area is 185 Å². The molecule has 0 aromatic carbocycles. The summed E-state index contributed by atoms with van der Waals surface area (Å²) in [6.45, 7) is 4.59. The molecule has 31 heavy (non-hydrogen) atoms. The number of aryl methyl sites for hydroxylation is 2. The predicted octanol–water partition coefficient (Wildman–Crippen LogP) is 3.06. The molecule has 0 unspecified atom stereocenters. The molecule has 0 bridgehead atoms. The Balaban J connectivity index is 1.74. The van der Waals surface area contributed by atoms with E-state index in [1.165, 1.54) is 23.9 Å². The van der Waals surface area contributed by atoms with E-state index in [9.17, 15) is 18.3 Å². The van der Waals surface area contributed by atoms with Crippen molar-refractivity contribution in [3.05, 3.63) is 52.3 Å². The molecule has 3 aromatic rings. The molecule has 0 fully saturated rings. The SMILES string of the molecule is Cc1nn(C)c(C)c1CCCN(C)c1ncc(NS(=O)(=O)c2cccs2)cc1C(=O)O. The third kappa shape index (κ3) is 5.05. The molecular weight excluding hydrogens is 438 g/mol. The van der Waals surface area contributed by atoms with Crippen LogP contribution in [0.5, 0.6) is 0 Å². The van der Waals surface area contributed by atoms with Crippen molar-refractivity contribution in [3.8, 4) is 0 Å². The molecular formula is C20H25N5O4S2. The quantitative estimate of drug-likeness (QED) is 0.501. The van der Waals surface area contributed by atoms with Gasteiger partial charge in [-0.3, -0.25) is 9.40 Å². The van der Waals surface area contributed by atoms with E-state index in [0.717, 1.165) is 35.6 Å². The highest BCUT2D eigenvalue weighted by Gasteiger charge is 2.20. The van der Waals surface area contributed by atoms with Crippen LogP contribution in [-0.2, 0) is 23.5 Å². The average molecular weight is 464 g/mol. The molecule has 0 radical (unpaired) electrons. The van der Waals surface area contributed by atoms with Crippen LogP contribution in [0.25, 0.3) is 0 Å². The fourth-order valence-corrected chi connectivity index (χ4v) is 5.40. The van der Waals surface area contributed by atoms with Gasteiger partial charge in [-0.25, -0.2) is 18.2 Å². The number of nitrogens with zero attached hydrogens (tertiary/aromatic N) is 4. The lowest BCUT2D eigenvalue weighted by Crippen LogP contribution is -2.23. The number of carboxylic acid groups (broad SMARTS) is 1. The van der Waals surface area contributed by atoms with Crippen LogP contribution in [0.4, 0.5) is 11.5 Å². The standard InChI is InChI=1S/C20H25N5O4S2/c1-13-16(14(2)25(4)22-13)7-5-9-24(3)19-17(20(26)27)11-15(12-21-19)23-31(28,29)18-8-6-10-30-18/h6,8,10-12,23H,5,7,9H2,1-4H3,(H,26,27). The molecule has 3 heterocycles.